The van der Waals surface area contributed by atoms with Gasteiger partial charge in [0.05, 0.1) is 13.0 Å². The Balaban J connectivity index is 2.54. The van der Waals surface area contributed by atoms with Gasteiger partial charge in [-0.1, -0.05) is 36.4 Å². The first-order valence-electron chi connectivity index (χ1n) is 7.35. The fourth-order valence-electron chi connectivity index (χ4n) is 2.59. The standard InChI is InChI=1S/C19H22O2/c1-5-21-19(20)12-18-15(4)13(2)10-11-17(18)16-9-7-6-8-14(16)3/h6-11H,5,12H2,1-4H3. The van der Waals surface area contributed by atoms with Crippen LogP contribution in [-0.2, 0) is 16.0 Å². The number of rotatable bonds is 4. The topological polar surface area (TPSA) is 26.3 Å². The minimum atomic E-state index is -0.166. The van der Waals surface area contributed by atoms with Crippen molar-refractivity contribution in [3.8, 4) is 11.1 Å². The third-order valence-corrected chi connectivity index (χ3v) is 3.93. The summed E-state index contributed by atoms with van der Waals surface area (Å²) < 4.78 is 5.12. The number of hydrogen-bond acceptors (Lipinski definition) is 2. The van der Waals surface area contributed by atoms with Crippen molar-refractivity contribution in [1.29, 1.82) is 0 Å². The van der Waals surface area contributed by atoms with Gasteiger partial charge in [0.1, 0.15) is 0 Å². The number of aryl methyl sites for hydroxylation is 2. The number of ether oxygens (including phenoxy) is 1. The van der Waals surface area contributed by atoms with Crippen LogP contribution >= 0.6 is 0 Å². The van der Waals surface area contributed by atoms with E-state index in [1.54, 1.807) is 0 Å². The van der Waals surface area contributed by atoms with Crippen molar-refractivity contribution in [2.75, 3.05) is 6.61 Å². The minimum absolute atomic E-state index is 0.166. The Morgan fingerprint density at radius 1 is 0.952 bits per heavy atom. The lowest BCUT2D eigenvalue weighted by molar-refractivity contribution is -0.142. The molecule has 0 spiro atoms. The summed E-state index contributed by atoms with van der Waals surface area (Å²) in [6, 6.07) is 12.5. The molecule has 0 saturated heterocycles. The average Bonchev–Trinajstić information content (AvgIpc) is 2.45. The zero-order valence-electron chi connectivity index (χ0n) is 13.2. The normalized spacial score (nSPS) is 10.5. The number of carbonyl (C=O) groups is 1. The second-order valence-corrected chi connectivity index (χ2v) is 5.33. The third kappa shape index (κ3) is 3.33. The van der Waals surface area contributed by atoms with E-state index in [1.165, 1.54) is 22.3 Å². The lowest BCUT2D eigenvalue weighted by Gasteiger charge is -2.16. The summed E-state index contributed by atoms with van der Waals surface area (Å²) >= 11 is 0. The van der Waals surface area contributed by atoms with Crippen molar-refractivity contribution in [3.05, 3.63) is 58.7 Å². The Hall–Kier alpha value is -2.09. The highest BCUT2D eigenvalue weighted by Crippen LogP contribution is 2.30. The largest absolute Gasteiger partial charge is 0.466 e. The molecule has 2 aromatic carbocycles. The van der Waals surface area contributed by atoms with Crippen molar-refractivity contribution in [1.82, 2.24) is 0 Å². The molecule has 2 heteroatoms. The van der Waals surface area contributed by atoms with Gasteiger partial charge >= 0.3 is 5.97 Å². The first-order chi connectivity index (χ1) is 10.0. The molecule has 0 aliphatic carbocycles. The van der Waals surface area contributed by atoms with Crippen LogP contribution in [0.2, 0.25) is 0 Å². The first-order valence-corrected chi connectivity index (χ1v) is 7.35. The Kier molecular flexibility index (Phi) is 4.79. The Bertz CT molecular complexity index is 657. The molecular weight excluding hydrogens is 260 g/mol. The maximum atomic E-state index is 11.9. The van der Waals surface area contributed by atoms with Crippen LogP contribution in [0.25, 0.3) is 11.1 Å². The van der Waals surface area contributed by atoms with Crippen LogP contribution in [0, 0.1) is 20.8 Å². The molecule has 0 N–H and O–H groups in total. The van der Waals surface area contributed by atoms with Crippen LogP contribution in [-0.4, -0.2) is 12.6 Å². The predicted molar refractivity (Wildman–Crippen MR) is 86.4 cm³/mol. The fourth-order valence-corrected chi connectivity index (χ4v) is 2.59. The summed E-state index contributed by atoms with van der Waals surface area (Å²) in [5.74, 6) is -0.166. The lowest BCUT2D eigenvalue weighted by atomic mass is 9.89. The van der Waals surface area contributed by atoms with Gasteiger partial charge in [-0.2, -0.15) is 0 Å². The van der Waals surface area contributed by atoms with Gasteiger partial charge in [0.25, 0.3) is 0 Å². The van der Waals surface area contributed by atoms with Gasteiger partial charge in [0.15, 0.2) is 0 Å². The van der Waals surface area contributed by atoms with E-state index in [2.05, 4.69) is 45.0 Å². The molecule has 0 amide bonds. The van der Waals surface area contributed by atoms with Crippen LogP contribution in [0.15, 0.2) is 36.4 Å². The molecule has 0 fully saturated rings. The van der Waals surface area contributed by atoms with Crippen LogP contribution in [0.1, 0.15) is 29.2 Å². The van der Waals surface area contributed by atoms with Crippen molar-refractivity contribution >= 4 is 5.97 Å². The van der Waals surface area contributed by atoms with Gasteiger partial charge in [-0.3, -0.25) is 4.79 Å². The van der Waals surface area contributed by atoms with Crippen molar-refractivity contribution < 1.29 is 9.53 Å². The highest BCUT2D eigenvalue weighted by molar-refractivity contribution is 5.80. The Morgan fingerprint density at radius 2 is 1.67 bits per heavy atom. The van der Waals surface area contributed by atoms with Crippen LogP contribution in [0.4, 0.5) is 0 Å². The van der Waals surface area contributed by atoms with Gasteiger partial charge < -0.3 is 4.74 Å². The van der Waals surface area contributed by atoms with E-state index in [0.717, 1.165) is 11.1 Å². The van der Waals surface area contributed by atoms with E-state index >= 15 is 0 Å². The summed E-state index contributed by atoms with van der Waals surface area (Å²) in [6.07, 6.45) is 0.324. The lowest BCUT2D eigenvalue weighted by Crippen LogP contribution is -2.10. The second-order valence-electron chi connectivity index (χ2n) is 5.33. The Morgan fingerprint density at radius 3 is 2.33 bits per heavy atom. The van der Waals surface area contributed by atoms with Crippen molar-refractivity contribution in [2.24, 2.45) is 0 Å². The highest BCUT2D eigenvalue weighted by atomic mass is 16.5. The van der Waals surface area contributed by atoms with Gasteiger partial charge in [0.2, 0.25) is 0 Å². The molecule has 2 aromatic rings. The summed E-state index contributed by atoms with van der Waals surface area (Å²) in [5.41, 5.74) is 6.97. The molecular formula is C19H22O2. The molecule has 0 aliphatic heterocycles. The fraction of sp³-hybridized carbons (Fsp3) is 0.316. The maximum Gasteiger partial charge on any atom is 0.310 e. The highest BCUT2D eigenvalue weighted by Gasteiger charge is 2.15. The molecule has 0 aliphatic rings. The van der Waals surface area contributed by atoms with Crippen LogP contribution < -0.4 is 0 Å². The average molecular weight is 282 g/mol. The molecule has 0 atom stereocenters. The molecule has 0 bridgehead atoms. The second kappa shape index (κ2) is 6.57. The van der Waals surface area contributed by atoms with Crippen LogP contribution in [0.3, 0.4) is 0 Å². The number of esters is 1. The van der Waals surface area contributed by atoms with E-state index < -0.39 is 0 Å². The van der Waals surface area contributed by atoms with Gasteiger partial charge in [-0.05, 0) is 61.1 Å². The monoisotopic (exact) mass is 282 g/mol. The molecule has 2 rings (SSSR count). The summed E-state index contributed by atoms with van der Waals surface area (Å²) in [5, 5.41) is 0. The summed E-state index contributed by atoms with van der Waals surface area (Å²) in [4.78, 5) is 11.9. The molecule has 110 valence electrons. The van der Waals surface area contributed by atoms with E-state index in [0.29, 0.717) is 13.0 Å². The van der Waals surface area contributed by atoms with Gasteiger partial charge in [-0.25, -0.2) is 0 Å². The summed E-state index contributed by atoms with van der Waals surface area (Å²) in [6.45, 7) is 8.50. The minimum Gasteiger partial charge on any atom is -0.466 e. The molecule has 2 nitrogen and oxygen atoms in total. The van der Waals surface area contributed by atoms with E-state index in [9.17, 15) is 4.79 Å². The Labute approximate surface area is 126 Å². The molecule has 0 heterocycles. The maximum absolute atomic E-state index is 11.9. The van der Waals surface area contributed by atoms with Crippen molar-refractivity contribution in [2.45, 2.75) is 34.1 Å². The third-order valence-electron chi connectivity index (χ3n) is 3.93. The van der Waals surface area contributed by atoms with Crippen LogP contribution in [0.5, 0.6) is 0 Å². The quantitative estimate of drug-likeness (QED) is 0.778. The number of carbonyl (C=O) groups excluding carboxylic acids is 1. The van der Waals surface area contributed by atoms with E-state index in [1.807, 2.05) is 19.1 Å². The van der Waals surface area contributed by atoms with Gasteiger partial charge in [0, 0.05) is 0 Å². The number of hydrogen-bond donors (Lipinski definition) is 0. The first kappa shape index (κ1) is 15.3. The van der Waals surface area contributed by atoms with Crippen molar-refractivity contribution in [3.63, 3.8) is 0 Å². The molecule has 21 heavy (non-hydrogen) atoms. The van der Waals surface area contributed by atoms with E-state index in [-0.39, 0.29) is 5.97 Å². The predicted octanol–water partition coefficient (Wildman–Crippen LogP) is 4.38. The zero-order valence-corrected chi connectivity index (χ0v) is 13.2. The molecule has 0 unspecified atom stereocenters. The zero-order chi connectivity index (χ0) is 15.4. The SMILES string of the molecule is CCOC(=O)Cc1c(-c2ccccc2C)ccc(C)c1C. The summed E-state index contributed by atoms with van der Waals surface area (Å²) in [7, 11) is 0. The molecule has 0 aromatic heterocycles. The van der Waals surface area contributed by atoms with Gasteiger partial charge in [-0.15, -0.1) is 0 Å². The molecule has 0 saturated carbocycles. The van der Waals surface area contributed by atoms with E-state index in [4.69, 9.17) is 4.74 Å². The number of benzene rings is 2. The smallest absolute Gasteiger partial charge is 0.310 e. The molecule has 0 radical (unpaired) electrons.